The van der Waals surface area contributed by atoms with Crippen molar-refractivity contribution in [2.45, 2.75) is 59.2 Å². The van der Waals surface area contributed by atoms with Gasteiger partial charge in [-0.05, 0) is 48.0 Å². The Hall–Kier alpha value is -0.995. The molecule has 1 fully saturated rings. The van der Waals surface area contributed by atoms with Gasteiger partial charge in [0.15, 0.2) is 0 Å². The van der Waals surface area contributed by atoms with Gasteiger partial charge in [0, 0.05) is 10.9 Å². The van der Waals surface area contributed by atoms with Crippen molar-refractivity contribution in [3.05, 3.63) is 35.5 Å². The highest BCUT2D eigenvalue weighted by atomic mass is 16.7. The summed E-state index contributed by atoms with van der Waals surface area (Å²) in [5.41, 5.74) is 0.644. The van der Waals surface area contributed by atoms with E-state index in [2.05, 4.69) is 13.5 Å². The molecule has 20 heavy (non-hydrogen) atoms. The molecule has 0 spiro atoms. The summed E-state index contributed by atoms with van der Waals surface area (Å²) in [6.45, 7) is 15.9. The van der Waals surface area contributed by atoms with Crippen LogP contribution in [-0.2, 0) is 9.31 Å². The van der Waals surface area contributed by atoms with E-state index in [-0.39, 0.29) is 0 Å². The van der Waals surface area contributed by atoms with Gasteiger partial charge in [-0.2, -0.15) is 0 Å². The zero-order valence-corrected chi connectivity index (χ0v) is 13.4. The quantitative estimate of drug-likeness (QED) is 0.612. The Morgan fingerprint density at radius 1 is 1.20 bits per heavy atom. The second-order valence-electron chi connectivity index (χ2n) is 7.18. The molecule has 110 valence electrons. The Labute approximate surface area is 122 Å². The largest absolute Gasteiger partial charge is 0.512 e. The fourth-order valence-corrected chi connectivity index (χ4v) is 2.70. The highest BCUT2D eigenvalue weighted by Gasteiger charge is 2.53. The van der Waals surface area contributed by atoms with E-state index in [4.69, 9.17) is 9.31 Å². The number of allylic oxidation sites excluding steroid dienone is 4. The van der Waals surface area contributed by atoms with Gasteiger partial charge in [0.05, 0.1) is 11.2 Å². The monoisotopic (exact) mass is 276 g/mol. The van der Waals surface area contributed by atoms with Gasteiger partial charge in [-0.1, -0.05) is 17.7 Å². The molecular weight excluding hydrogens is 251 g/mol. The molecule has 1 aliphatic carbocycles. The maximum Gasteiger partial charge on any atom is 0.498 e. The van der Waals surface area contributed by atoms with Crippen LogP contribution < -0.4 is 0 Å². The van der Waals surface area contributed by atoms with Gasteiger partial charge in [0.2, 0.25) is 0 Å². The maximum absolute atomic E-state index is 10.6. The van der Waals surface area contributed by atoms with E-state index < -0.39 is 23.7 Å². The molecule has 2 aliphatic rings. The van der Waals surface area contributed by atoms with E-state index in [9.17, 15) is 5.11 Å². The van der Waals surface area contributed by atoms with Crippen molar-refractivity contribution in [3.8, 4) is 0 Å². The first-order valence-corrected chi connectivity index (χ1v) is 7.12. The number of hydrogen-bond donors (Lipinski definition) is 1. The van der Waals surface area contributed by atoms with Gasteiger partial charge < -0.3 is 14.4 Å². The average Bonchev–Trinajstić information content (AvgIpc) is 2.53. The molecule has 0 saturated carbocycles. The summed E-state index contributed by atoms with van der Waals surface area (Å²) in [5.74, 6) is 0.302. The van der Waals surface area contributed by atoms with E-state index in [1.807, 2.05) is 40.7 Å². The zero-order chi connectivity index (χ0) is 15.3. The lowest BCUT2D eigenvalue weighted by Crippen LogP contribution is -2.41. The molecule has 1 saturated heterocycles. The number of rotatable bonds is 2. The van der Waals surface area contributed by atoms with Crippen molar-refractivity contribution >= 4 is 7.12 Å². The zero-order valence-electron chi connectivity index (χ0n) is 13.4. The van der Waals surface area contributed by atoms with E-state index in [1.54, 1.807) is 6.08 Å². The van der Waals surface area contributed by atoms with Crippen LogP contribution in [0.4, 0.5) is 0 Å². The Balaban J connectivity index is 2.43. The minimum absolute atomic E-state index is 0.302. The molecule has 1 aliphatic heterocycles. The second kappa shape index (κ2) is 4.50. The van der Waals surface area contributed by atoms with Crippen molar-refractivity contribution in [3.63, 3.8) is 0 Å². The minimum atomic E-state index is -0.533. The molecule has 3 nitrogen and oxygen atoms in total. The van der Waals surface area contributed by atoms with Crippen LogP contribution in [0.3, 0.4) is 0 Å². The van der Waals surface area contributed by atoms with Crippen LogP contribution >= 0.6 is 0 Å². The van der Waals surface area contributed by atoms with Crippen molar-refractivity contribution in [2.24, 2.45) is 5.41 Å². The molecule has 1 unspecified atom stereocenters. The first kappa shape index (κ1) is 15.4. The SMILES string of the molecule is C=CC1(C)CC(C)=CC(B2OC(C)(C)C(C)(C)O2)=C1O. The third kappa shape index (κ3) is 2.25. The normalized spacial score (nSPS) is 32.3. The van der Waals surface area contributed by atoms with Crippen molar-refractivity contribution in [1.82, 2.24) is 0 Å². The maximum atomic E-state index is 10.6. The second-order valence-corrected chi connectivity index (χ2v) is 7.18. The molecule has 0 aromatic heterocycles. The van der Waals surface area contributed by atoms with Crippen LogP contribution in [0.25, 0.3) is 0 Å². The van der Waals surface area contributed by atoms with Gasteiger partial charge in [-0.15, -0.1) is 6.58 Å². The summed E-state index contributed by atoms with van der Waals surface area (Å²) in [5, 5.41) is 10.6. The Morgan fingerprint density at radius 3 is 2.15 bits per heavy atom. The molecule has 1 heterocycles. The smallest absolute Gasteiger partial charge is 0.498 e. The van der Waals surface area contributed by atoms with Gasteiger partial charge in [-0.3, -0.25) is 0 Å². The number of aliphatic hydroxyl groups excluding tert-OH is 1. The lowest BCUT2D eigenvalue weighted by molar-refractivity contribution is 0.00578. The summed E-state index contributed by atoms with van der Waals surface area (Å²) in [7, 11) is -0.533. The molecule has 0 aromatic carbocycles. The Bertz CT molecular complexity index is 486. The molecule has 2 rings (SSSR count). The molecule has 0 aromatic rings. The van der Waals surface area contributed by atoms with E-state index in [0.717, 1.165) is 11.9 Å². The molecule has 1 N–H and O–H groups in total. The third-order valence-electron chi connectivity index (χ3n) is 4.82. The van der Waals surface area contributed by atoms with Gasteiger partial charge >= 0.3 is 7.12 Å². The predicted molar refractivity (Wildman–Crippen MR) is 82.4 cm³/mol. The molecule has 4 heteroatoms. The van der Waals surface area contributed by atoms with Crippen LogP contribution in [0.2, 0.25) is 0 Å². The molecule has 0 bridgehead atoms. The molecule has 1 atom stereocenters. The number of hydrogen-bond acceptors (Lipinski definition) is 3. The summed E-state index contributed by atoms with van der Waals surface area (Å²) >= 11 is 0. The van der Waals surface area contributed by atoms with Crippen molar-refractivity contribution in [1.29, 1.82) is 0 Å². The fraction of sp³-hybridized carbons (Fsp3) is 0.625. The topological polar surface area (TPSA) is 38.7 Å². The van der Waals surface area contributed by atoms with Crippen LogP contribution in [0.1, 0.15) is 48.0 Å². The average molecular weight is 276 g/mol. The summed E-state index contributed by atoms with van der Waals surface area (Å²) in [6, 6.07) is 0. The first-order valence-electron chi connectivity index (χ1n) is 7.12. The van der Waals surface area contributed by atoms with Crippen LogP contribution in [0.5, 0.6) is 0 Å². The van der Waals surface area contributed by atoms with Gasteiger partial charge in [0.1, 0.15) is 5.76 Å². The highest BCUT2D eigenvalue weighted by molar-refractivity contribution is 6.56. The van der Waals surface area contributed by atoms with Crippen molar-refractivity contribution < 1.29 is 14.4 Å². The lowest BCUT2D eigenvalue weighted by Gasteiger charge is -2.32. The van der Waals surface area contributed by atoms with E-state index in [0.29, 0.717) is 5.76 Å². The summed E-state index contributed by atoms with van der Waals surface area (Å²) < 4.78 is 12.1. The lowest BCUT2D eigenvalue weighted by atomic mass is 9.66. The number of aliphatic hydroxyl groups is 1. The summed E-state index contributed by atoms with van der Waals surface area (Å²) in [6.07, 6.45) is 4.54. The Morgan fingerprint density at radius 2 is 1.70 bits per heavy atom. The molecule has 0 amide bonds. The highest BCUT2D eigenvalue weighted by Crippen LogP contribution is 2.45. The molecule has 0 radical (unpaired) electrons. The van der Waals surface area contributed by atoms with Gasteiger partial charge in [0.25, 0.3) is 0 Å². The third-order valence-corrected chi connectivity index (χ3v) is 4.82. The summed E-state index contributed by atoms with van der Waals surface area (Å²) in [4.78, 5) is 0. The fourth-order valence-electron chi connectivity index (χ4n) is 2.70. The predicted octanol–water partition coefficient (Wildman–Crippen LogP) is 3.97. The van der Waals surface area contributed by atoms with E-state index in [1.165, 1.54) is 5.57 Å². The van der Waals surface area contributed by atoms with Gasteiger partial charge in [-0.25, -0.2) is 0 Å². The van der Waals surface area contributed by atoms with Crippen molar-refractivity contribution in [2.75, 3.05) is 0 Å². The molecular formula is C16H25BO3. The van der Waals surface area contributed by atoms with E-state index >= 15 is 0 Å². The van der Waals surface area contributed by atoms with Crippen LogP contribution in [0, 0.1) is 5.41 Å². The Kier molecular flexibility index (Phi) is 3.47. The van der Waals surface area contributed by atoms with Crippen LogP contribution in [-0.4, -0.2) is 23.4 Å². The van der Waals surface area contributed by atoms with Crippen LogP contribution in [0.15, 0.2) is 35.5 Å². The standard InChI is InChI=1S/C16H25BO3/c1-8-16(7)10-11(2)9-12(13(16)18)17-19-14(3,4)15(5,6)20-17/h8-9,18H,1,10H2,2-7H3. The minimum Gasteiger partial charge on any atom is -0.512 e. The first-order chi connectivity index (χ1) is 9.02.